The molecule has 0 spiro atoms. The van der Waals surface area contributed by atoms with Gasteiger partial charge in [0, 0.05) is 23.8 Å². The predicted molar refractivity (Wildman–Crippen MR) is 142 cm³/mol. The van der Waals surface area contributed by atoms with Crippen molar-refractivity contribution in [3.8, 4) is 11.5 Å². The quantitative estimate of drug-likeness (QED) is 0.297. The number of aryl methyl sites for hydroxylation is 1. The van der Waals surface area contributed by atoms with E-state index in [-0.39, 0.29) is 19.1 Å². The fraction of sp³-hybridized carbons (Fsp3) is 0.321. The van der Waals surface area contributed by atoms with Gasteiger partial charge in [0.2, 0.25) is 5.91 Å². The lowest BCUT2D eigenvalue weighted by molar-refractivity contribution is -0.137. The van der Waals surface area contributed by atoms with Crippen LogP contribution in [0.15, 0.2) is 60.7 Å². The minimum absolute atomic E-state index is 0.119. The molecule has 2 N–H and O–H groups in total. The second-order valence-electron chi connectivity index (χ2n) is 8.99. The number of rotatable bonds is 9. The van der Waals surface area contributed by atoms with Crippen LogP contribution in [0.1, 0.15) is 23.1 Å². The van der Waals surface area contributed by atoms with Gasteiger partial charge in [-0.2, -0.15) is 13.2 Å². The zero-order chi connectivity index (χ0) is 27.3. The van der Waals surface area contributed by atoms with Crippen molar-refractivity contribution in [1.82, 2.24) is 0 Å². The summed E-state index contributed by atoms with van der Waals surface area (Å²) in [6.07, 6.45) is -2.93. The smallest absolute Gasteiger partial charge is 0.416 e. The molecule has 0 bridgehead atoms. The minimum atomic E-state index is -4.42. The molecule has 0 saturated carbocycles. The van der Waals surface area contributed by atoms with E-state index in [0.717, 1.165) is 17.7 Å². The fourth-order valence-electron chi connectivity index (χ4n) is 4.40. The maximum atomic E-state index is 13.3. The van der Waals surface area contributed by atoms with Gasteiger partial charge in [-0.05, 0) is 78.9 Å². The molecule has 3 aromatic carbocycles. The molecule has 4 rings (SSSR count). The molecule has 0 radical (unpaired) electrons. The van der Waals surface area contributed by atoms with E-state index >= 15 is 0 Å². The summed E-state index contributed by atoms with van der Waals surface area (Å²) in [7, 11) is 0. The summed E-state index contributed by atoms with van der Waals surface area (Å²) in [5.74, 6) is 0.462. The lowest BCUT2D eigenvalue weighted by Gasteiger charge is -2.32. The zero-order valence-electron chi connectivity index (χ0n) is 20.4. The standard InChI is InChI=1S/C28H27Cl2F3N2O3/c29-22-6-10-26(24(30)16-22)38-13-12-37-23-7-3-18(4-8-23)14-20(17-34)27(36)35-11-1-2-19-15-21(28(31,32)33)5-9-25(19)35/h3-10,15-16,20H,1-2,11-14,17,34H2. The average molecular weight is 567 g/mol. The average Bonchev–Trinajstić information content (AvgIpc) is 2.90. The molecule has 0 saturated heterocycles. The maximum absolute atomic E-state index is 13.3. The number of carbonyl (C=O) groups is 1. The Hall–Kier alpha value is -2.94. The van der Waals surface area contributed by atoms with E-state index in [9.17, 15) is 18.0 Å². The third-order valence-corrected chi connectivity index (χ3v) is 6.86. The number of amides is 1. The van der Waals surface area contributed by atoms with Crippen LogP contribution in [0.25, 0.3) is 0 Å². The van der Waals surface area contributed by atoms with Gasteiger partial charge < -0.3 is 20.1 Å². The van der Waals surface area contributed by atoms with Crippen LogP contribution in [0.2, 0.25) is 10.0 Å². The van der Waals surface area contributed by atoms with E-state index in [1.807, 2.05) is 12.1 Å². The molecular formula is C28H27Cl2F3N2O3. The second-order valence-corrected chi connectivity index (χ2v) is 9.83. The van der Waals surface area contributed by atoms with Crippen molar-refractivity contribution in [2.24, 2.45) is 11.7 Å². The summed E-state index contributed by atoms with van der Waals surface area (Å²) in [4.78, 5) is 14.9. The van der Waals surface area contributed by atoms with Gasteiger partial charge in [-0.25, -0.2) is 0 Å². The number of alkyl halides is 3. The van der Waals surface area contributed by atoms with Crippen LogP contribution < -0.4 is 20.1 Å². The van der Waals surface area contributed by atoms with Gasteiger partial charge in [-0.15, -0.1) is 0 Å². The van der Waals surface area contributed by atoms with Crippen molar-refractivity contribution < 1.29 is 27.4 Å². The normalized spacial score (nSPS) is 14.1. The monoisotopic (exact) mass is 566 g/mol. The number of hydrogen-bond donors (Lipinski definition) is 1. The summed E-state index contributed by atoms with van der Waals surface area (Å²) in [6.45, 7) is 1.15. The molecule has 0 aliphatic carbocycles. The predicted octanol–water partition coefficient (Wildman–Crippen LogP) is 6.57. The highest BCUT2D eigenvalue weighted by atomic mass is 35.5. The molecule has 1 aliphatic heterocycles. The number of nitrogens with zero attached hydrogens (tertiary/aromatic N) is 1. The highest BCUT2D eigenvalue weighted by Gasteiger charge is 2.33. The molecule has 1 amide bonds. The van der Waals surface area contributed by atoms with Crippen molar-refractivity contribution >= 4 is 34.8 Å². The largest absolute Gasteiger partial charge is 0.490 e. The van der Waals surface area contributed by atoms with Crippen LogP contribution in [0.3, 0.4) is 0 Å². The first kappa shape index (κ1) is 28.1. The van der Waals surface area contributed by atoms with Gasteiger partial charge in [0.25, 0.3) is 0 Å². The minimum Gasteiger partial charge on any atom is -0.490 e. The molecular weight excluding hydrogens is 540 g/mol. The van der Waals surface area contributed by atoms with Crippen LogP contribution in [-0.2, 0) is 23.8 Å². The molecule has 0 aromatic heterocycles. The first-order chi connectivity index (χ1) is 18.2. The molecule has 1 aliphatic rings. The van der Waals surface area contributed by atoms with Crippen LogP contribution >= 0.6 is 23.2 Å². The van der Waals surface area contributed by atoms with E-state index in [1.54, 1.807) is 35.2 Å². The Labute approximate surface area is 229 Å². The third-order valence-electron chi connectivity index (χ3n) is 6.33. The lowest BCUT2D eigenvalue weighted by Crippen LogP contribution is -2.42. The van der Waals surface area contributed by atoms with E-state index in [4.69, 9.17) is 38.4 Å². The summed E-state index contributed by atoms with van der Waals surface area (Å²) in [6, 6.07) is 15.9. The Morgan fingerprint density at radius 2 is 1.74 bits per heavy atom. The molecule has 1 atom stereocenters. The molecule has 202 valence electrons. The van der Waals surface area contributed by atoms with Crippen molar-refractivity contribution in [3.05, 3.63) is 87.4 Å². The van der Waals surface area contributed by atoms with Gasteiger partial charge in [0.1, 0.15) is 24.7 Å². The summed E-state index contributed by atoms with van der Waals surface area (Å²) < 4.78 is 50.7. The maximum Gasteiger partial charge on any atom is 0.416 e. The number of carbonyl (C=O) groups excluding carboxylic acids is 1. The second kappa shape index (κ2) is 12.3. The Bertz CT molecular complexity index is 1270. The van der Waals surface area contributed by atoms with Gasteiger partial charge >= 0.3 is 6.18 Å². The number of fused-ring (bicyclic) bond motifs is 1. The molecule has 5 nitrogen and oxygen atoms in total. The van der Waals surface area contributed by atoms with Crippen LogP contribution in [0.4, 0.5) is 18.9 Å². The topological polar surface area (TPSA) is 64.8 Å². The number of benzene rings is 3. The Morgan fingerprint density at radius 3 is 2.42 bits per heavy atom. The van der Waals surface area contributed by atoms with Crippen molar-refractivity contribution in [1.29, 1.82) is 0 Å². The summed E-state index contributed by atoms with van der Waals surface area (Å²) in [5.41, 5.74) is 7.20. The van der Waals surface area contributed by atoms with Gasteiger partial charge in [0.05, 0.1) is 16.5 Å². The zero-order valence-corrected chi connectivity index (χ0v) is 22.0. The molecule has 10 heteroatoms. The van der Waals surface area contributed by atoms with E-state index in [2.05, 4.69) is 0 Å². The van der Waals surface area contributed by atoms with Crippen LogP contribution in [-0.4, -0.2) is 32.2 Å². The molecule has 3 aromatic rings. The lowest BCUT2D eigenvalue weighted by atomic mass is 9.94. The highest BCUT2D eigenvalue weighted by Crippen LogP contribution is 2.36. The molecule has 38 heavy (non-hydrogen) atoms. The molecule has 1 unspecified atom stereocenters. The Balaban J connectivity index is 1.33. The van der Waals surface area contributed by atoms with Crippen LogP contribution in [0, 0.1) is 5.92 Å². The SMILES string of the molecule is NCC(Cc1ccc(OCCOc2ccc(Cl)cc2Cl)cc1)C(=O)N1CCCc2cc(C(F)(F)F)ccc21. The Kier molecular flexibility index (Phi) is 9.07. The van der Waals surface area contributed by atoms with E-state index in [1.165, 1.54) is 6.07 Å². The van der Waals surface area contributed by atoms with E-state index in [0.29, 0.717) is 65.2 Å². The third kappa shape index (κ3) is 6.92. The first-order valence-electron chi connectivity index (χ1n) is 12.2. The van der Waals surface area contributed by atoms with Gasteiger partial charge in [0.15, 0.2) is 0 Å². The number of anilines is 1. The number of ether oxygens (including phenoxy) is 2. The summed E-state index contributed by atoms with van der Waals surface area (Å²) >= 11 is 12.0. The highest BCUT2D eigenvalue weighted by molar-refractivity contribution is 6.35. The summed E-state index contributed by atoms with van der Waals surface area (Å²) in [5, 5.41) is 0.947. The van der Waals surface area contributed by atoms with Crippen LogP contribution in [0.5, 0.6) is 11.5 Å². The first-order valence-corrected chi connectivity index (χ1v) is 12.9. The van der Waals surface area contributed by atoms with Crippen molar-refractivity contribution in [3.63, 3.8) is 0 Å². The van der Waals surface area contributed by atoms with Gasteiger partial charge in [-0.3, -0.25) is 4.79 Å². The number of hydrogen-bond acceptors (Lipinski definition) is 4. The molecule has 0 fully saturated rings. The van der Waals surface area contributed by atoms with Gasteiger partial charge in [-0.1, -0.05) is 35.3 Å². The van der Waals surface area contributed by atoms with Crippen molar-refractivity contribution in [2.75, 3.05) is 31.2 Å². The van der Waals surface area contributed by atoms with E-state index < -0.39 is 17.7 Å². The fourth-order valence-corrected chi connectivity index (χ4v) is 4.87. The number of halogens is 5. The number of nitrogens with two attached hydrogens (primary N) is 1. The molecule has 1 heterocycles. The Morgan fingerprint density at radius 1 is 1.00 bits per heavy atom. The van der Waals surface area contributed by atoms with Crippen molar-refractivity contribution in [2.45, 2.75) is 25.4 Å².